The van der Waals surface area contributed by atoms with Crippen LogP contribution in [0.3, 0.4) is 0 Å². The second-order valence-electron chi connectivity index (χ2n) is 4.04. The van der Waals surface area contributed by atoms with E-state index in [2.05, 4.69) is 24.4 Å². The Kier molecular flexibility index (Phi) is 5.65. The second kappa shape index (κ2) is 7.28. The van der Waals surface area contributed by atoms with Gasteiger partial charge in [0.2, 0.25) is 0 Å². The molecule has 0 aliphatic heterocycles. The van der Waals surface area contributed by atoms with Crippen LogP contribution < -0.4 is 5.32 Å². The normalized spacial score (nSPS) is 9.06. The molecule has 2 aromatic carbocycles. The fraction of sp³-hybridized carbons (Fsp3) is 0.188. The number of rotatable bonds is 2. The molecular weight excluding hydrogens is 222 g/mol. The number of ketones is 1. The van der Waals surface area contributed by atoms with Crippen molar-refractivity contribution in [1.82, 2.24) is 0 Å². The van der Waals surface area contributed by atoms with Crippen LogP contribution in [0, 0.1) is 6.92 Å². The predicted molar refractivity (Wildman–Crippen MR) is 77.2 cm³/mol. The molecule has 0 aliphatic carbocycles. The first-order valence-corrected chi connectivity index (χ1v) is 5.94. The van der Waals surface area contributed by atoms with Crippen molar-refractivity contribution in [2.75, 3.05) is 12.4 Å². The van der Waals surface area contributed by atoms with E-state index in [9.17, 15) is 4.79 Å². The summed E-state index contributed by atoms with van der Waals surface area (Å²) in [6.45, 7) is 3.65. The molecule has 0 saturated heterocycles. The molecule has 0 heterocycles. The lowest BCUT2D eigenvalue weighted by molar-refractivity contribution is 0.101. The lowest BCUT2D eigenvalue weighted by Crippen LogP contribution is -1.94. The number of benzene rings is 2. The highest BCUT2D eigenvalue weighted by Gasteiger charge is 1.97. The molecule has 0 atom stereocenters. The van der Waals surface area contributed by atoms with Crippen LogP contribution in [-0.4, -0.2) is 12.8 Å². The molecule has 0 radical (unpaired) electrons. The third kappa shape index (κ3) is 4.83. The fourth-order valence-electron chi connectivity index (χ4n) is 1.43. The highest BCUT2D eigenvalue weighted by Crippen LogP contribution is 2.09. The molecule has 0 fully saturated rings. The zero-order valence-electron chi connectivity index (χ0n) is 11.1. The number of aryl methyl sites for hydroxylation is 1. The first-order valence-electron chi connectivity index (χ1n) is 5.94. The van der Waals surface area contributed by atoms with Crippen LogP contribution in [0.5, 0.6) is 0 Å². The summed E-state index contributed by atoms with van der Waals surface area (Å²) in [5.41, 5.74) is 3.04. The molecule has 0 bridgehead atoms. The van der Waals surface area contributed by atoms with Gasteiger partial charge >= 0.3 is 0 Å². The topological polar surface area (TPSA) is 29.1 Å². The molecule has 2 nitrogen and oxygen atoms in total. The molecule has 0 aromatic heterocycles. The Bertz CT molecular complexity index is 491. The first-order chi connectivity index (χ1) is 8.63. The SMILES string of the molecule is CNc1cccc(C(C)=O)c1.Cc1ccccc1. The Hall–Kier alpha value is -2.09. The van der Waals surface area contributed by atoms with E-state index in [1.807, 2.05) is 49.5 Å². The van der Waals surface area contributed by atoms with Gasteiger partial charge in [0.15, 0.2) is 5.78 Å². The van der Waals surface area contributed by atoms with Gasteiger partial charge in [-0.3, -0.25) is 4.79 Å². The van der Waals surface area contributed by atoms with Gasteiger partial charge in [-0.15, -0.1) is 0 Å². The molecule has 0 aliphatic rings. The monoisotopic (exact) mass is 241 g/mol. The van der Waals surface area contributed by atoms with Gasteiger partial charge in [-0.1, -0.05) is 48.0 Å². The minimum absolute atomic E-state index is 0.0992. The van der Waals surface area contributed by atoms with Crippen LogP contribution in [0.15, 0.2) is 54.6 Å². The van der Waals surface area contributed by atoms with Gasteiger partial charge in [0, 0.05) is 18.3 Å². The van der Waals surface area contributed by atoms with Gasteiger partial charge in [0.1, 0.15) is 0 Å². The van der Waals surface area contributed by atoms with Crippen LogP contribution in [0.25, 0.3) is 0 Å². The molecule has 0 spiro atoms. The Balaban J connectivity index is 0.000000199. The number of Topliss-reactive ketones (excluding diaryl/α,β-unsaturated/α-hetero) is 1. The zero-order valence-corrected chi connectivity index (χ0v) is 11.1. The van der Waals surface area contributed by atoms with Gasteiger partial charge < -0.3 is 5.32 Å². The van der Waals surface area contributed by atoms with Crippen molar-refractivity contribution in [1.29, 1.82) is 0 Å². The molecule has 0 unspecified atom stereocenters. The van der Waals surface area contributed by atoms with Crippen molar-refractivity contribution in [2.24, 2.45) is 0 Å². The minimum atomic E-state index is 0.0992. The van der Waals surface area contributed by atoms with E-state index in [4.69, 9.17) is 0 Å². The molecule has 1 N–H and O–H groups in total. The second-order valence-corrected chi connectivity index (χ2v) is 4.04. The molecular formula is C16H19NO. The van der Waals surface area contributed by atoms with Crippen LogP contribution in [0.2, 0.25) is 0 Å². The van der Waals surface area contributed by atoms with Crippen molar-refractivity contribution in [3.8, 4) is 0 Å². The Morgan fingerprint density at radius 3 is 2.11 bits per heavy atom. The van der Waals surface area contributed by atoms with Crippen molar-refractivity contribution >= 4 is 11.5 Å². The minimum Gasteiger partial charge on any atom is -0.388 e. The Morgan fingerprint density at radius 2 is 1.67 bits per heavy atom. The summed E-state index contributed by atoms with van der Waals surface area (Å²) in [5.74, 6) is 0.0992. The third-order valence-corrected chi connectivity index (χ3v) is 2.50. The summed E-state index contributed by atoms with van der Waals surface area (Å²) >= 11 is 0. The average Bonchev–Trinajstić information content (AvgIpc) is 2.40. The van der Waals surface area contributed by atoms with E-state index < -0.39 is 0 Å². The van der Waals surface area contributed by atoms with Crippen molar-refractivity contribution < 1.29 is 4.79 Å². The number of hydrogen-bond acceptors (Lipinski definition) is 2. The number of hydrogen-bond donors (Lipinski definition) is 1. The average molecular weight is 241 g/mol. The lowest BCUT2D eigenvalue weighted by atomic mass is 10.1. The van der Waals surface area contributed by atoms with Crippen molar-refractivity contribution in [3.05, 3.63) is 65.7 Å². The molecule has 2 aromatic rings. The summed E-state index contributed by atoms with van der Waals surface area (Å²) in [7, 11) is 1.83. The van der Waals surface area contributed by atoms with E-state index in [1.54, 1.807) is 6.92 Å². The molecule has 18 heavy (non-hydrogen) atoms. The largest absolute Gasteiger partial charge is 0.388 e. The standard InChI is InChI=1S/C9H11NO.C7H8/c1-7(11)8-4-3-5-9(6-8)10-2;1-7-5-3-2-4-6-7/h3-6,10H,1-2H3;2-6H,1H3. The smallest absolute Gasteiger partial charge is 0.159 e. The van der Waals surface area contributed by atoms with Crippen molar-refractivity contribution in [2.45, 2.75) is 13.8 Å². The Morgan fingerprint density at radius 1 is 1.00 bits per heavy atom. The highest BCUT2D eigenvalue weighted by molar-refractivity contribution is 5.94. The maximum absolute atomic E-state index is 10.9. The highest BCUT2D eigenvalue weighted by atomic mass is 16.1. The summed E-state index contributed by atoms with van der Waals surface area (Å²) in [4.78, 5) is 10.9. The van der Waals surface area contributed by atoms with Crippen LogP contribution in [0.1, 0.15) is 22.8 Å². The summed E-state index contributed by atoms with van der Waals surface area (Å²) in [6.07, 6.45) is 0. The fourth-order valence-corrected chi connectivity index (χ4v) is 1.43. The van der Waals surface area contributed by atoms with Gasteiger partial charge in [-0.25, -0.2) is 0 Å². The quantitative estimate of drug-likeness (QED) is 0.807. The number of carbonyl (C=O) groups is 1. The van der Waals surface area contributed by atoms with Crippen molar-refractivity contribution in [3.63, 3.8) is 0 Å². The molecule has 0 saturated carbocycles. The van der Waals surface area contributed by atoms with E-state index >= 15 is 0 Å². The van der Waals surface area contributed by atoms with Crippen LogP contribution in [-0.2, 0) is 0 Å². The third-order valence-electron chi connectivity index (χ3n) is 2.50. The lowest BCUT2D eigenvalue weighted by Gasteiger charge is -2.00. The first kappa shape index (κ1) is 14.0. The number of anilines is 1. The summed E-state index contributed by atoms with van der Waals surface area (Å²) in [5, 5.41) is 2.97. The summed E-state index contributed by atoms with van der Waals surface area (Å²) in [6, 6.07) is 17.7. The maximum Gasteiger partial charge on any atom is 0.159 e. The summed E-state index contributed by atoms with van der Waals surface area (Å²) < 4.78 is 0. The predicted octanol–water partition coefficient (Wildman–Crippen LogP) is 3.93. The van der Waals surface area contributed by atoms with E-state index in [-0.39, 0.29) is 5.78 Å². The Labute approximate surface area is 109 Å². The molecule has 2 heteroatoms. The van der Waals surface area contributed by atoms with Crippen LogP contribution in [0.4, 0.5) is 5.69 Å². The molecule has 94 valence electrons. The maximum atomic E-state index is 10.9. The van der Waals surface area contributed by atoms with Gasteiger partial charge in [0.05, 0.1) is 0 Å². The molecule has 2 rings (SSSR count). The van der Waals surface area contributed by atoms with Gasteiger partial charge in [-0.05, 0) is 26.0 Å². The number of carbonyl (C=O) groups excluding carboxylic acids is 1. The van der Waals surface area contributed by atoms with Gasteiger partial charge in [-0.2, -0.15) is 0 Å². The van der Waals surface area contributed by atoms with E-state index in [1.165, 1.54) is 5.56 Å². The number of nitrogens with one attached hydrogen (secondary N) is 1. The van der Waals surface area contributed by atoms with E-state index in [0.717, 1.165) is 11.3 Å². The van der Waals surface area contributed by atoms with Gasteiger partial charge in [0.25, 0.3) is 0 Å². The van der Waals surface area contributed by atoms with E-state index in [0.29, 0.717) is 0 Å². The molecule has 0 amide bonds. The zero-order chi connectivity index (χ0) is 13.4. The van der Waals surface area contributed by atoms with Crippen LogP contribution >= 0.6 is 0 Å².